The molecular formula is C23H24N2O4S2. The highest BCUT2D eigenvalue weighted by molar-refractivity contribution is 7.89. The van der Waals surface area contributed by atoms with Crippen LogP contribution in [0, 0.1) is 0 Å². The summed E-state index contributed by atoms with van der Waals surface area (Å²) >= 11 is 1.53. The van der Waals surface area contributed by atoms with Crippen molar-refractivity contribution in [3.8, 4) is 5.75 Å². The Hall–Kier alpha value is -2.68. The maximum Gasteiger partial charge on any atom is 0.243 e. The zero-order valence-electron chi connectivity index (χ0n) is 17.4. The number of benzene rings is 2. The Balaban J connectivity index is 1.71. The fourth-order valence-corrected chi connectivity index (χ4v) is 6.09. The molecule has 162 valence electrons. The number of ether oxygens (including phenoxy) is 1. The van der Waals surface area contributed by atoms with Gasteiger partial charge >= 0.3 is 0 Å². The van der Waals surface area contributed by atoms with Gasteiger partial charge in [-0.2, -0.15) is 4.31 Å². The third kappa shape index (κ3) is 4.37. The lowest BCUT2D eigenvalue weighted by molar-refractivity contribution is -0.116. The first-order valence-corrected chi connectivity index (χ1v) is 12.3. The molecule has 0 unspecified atom stereocenters. The zero-order chi connectivity index (χ0) is 22.0. The number of fused-ring (bicyclic) bond motifs is 1. The van der Waals surface area contributed by atoms with Crippen molar-refractivity contribution in [1.82, 2.24) is 4.31 Å². The normalized spacial score (nSPS) is 13.5. The van der Waals surface area contributed by atoms with Crippen molar-refractivity contribution in [2.24, 2.45) is 0 Å². The number of amides is 1. The molecule has 2 aromatic carbocycles. The lowest BCUT2D eigenvalue weighted by atomic mass is 10.2. The topological polar surface area (TPSA) is 66.9 Å². The molecule has 0 spiro atoms. The van der Waals surface area contributed by atoms with Crippen LogP contribution < -0.4 is 9.64 Å². The summed E-state index contributed by atoms with van der Waals surface area (Å²) in [7, 11) is -2.20. The summed E-state index contributed by atoms with van der Waals surface area (Å²) in [5.41, 5.74) is 2.47. The van der Waals surface area contributed by atoms with Gasteiger partial charge in [-0.1, -0.05) is 24.3 Å². The number of carbonyl (C=O) groups excluding carboxylic acids is 1. The number of nitrogens with zero attached hydrogens (tertiary/aromatic N) is 2. The van der Waals surface area contributed by atoms with Gasteiger partial charge < -0.3 is 9.64 Å². The van der Waals surface area contributed by atoms with Crippen LogP contribution in [-0.2, 0) is 34.3 Å². The average Bonchev–Trinajstić information content (AvgIpc) is 3.42. The fraction of sp³-hybridized carbons (Fsp3) is 0.261. The second-order valence-corrected chi connectivity index (χ2v) is 10.3. The summed E-state index contributed by atoms with van der Waals surface area (Å²) in [6.07, 6.45) is 0.649. The molecule has 3 aromatic rings. The zero-order valence-corrected chi connectivity index (χ0v) is 19.1. The Morgan fingerprint density at radius 2 is 1.94 bits per heavy atom. The third-order valence-electron chi connectivity index (χ3n) is 5.42. The molecule has 1 aliphatic rings. The highest BCUT2D eigenvalue weighted by Crippen LogP contribution is 2.32. The molecule has 0 aliphatic carbocycles. The molecule has 0 fully saturated rings. The molecule has 6 nitrogen and oxygen atoms in total. The van der Waals surface area contributed by atoms with Gasteiger partial charge in [0, 0.05) is 42.7 Å². The number of anilines is 1. The second kappa shape index (κ2) is 8.82. The van der Waals surface area contributed by atoms with Crippen molar-refractivity contribution in [3.63, 3.8) is 0 Å². The number of thiophene rings is 1. The summed E-state index contributed by atoms with van der Waals surface area (Å²) in [6.45, 7) is 2.57. The van der Waals surface area contributed by atoms with Crippen LogP contribution in [0.2, 0.25) is 0 Å². The van der Waals surface area contributed by atoms with Crippen molar-refractivity contribution in [3.05, 3.63) is 76.0 Å². The van der Waals surface area contributed by atoms with Crippen molar-refractivity contribution in [2.45, 2.75) is 31.3 Å². The largest absolute Gasteiger partial charge is 0.496 e. The standard InChI is InChI=1S/C23H24N2O4S2/c1-17(26)25-12-11-18-14-21(9-10-22(18)25)31(27,28)24(16-20-7-5-13-30-20)15-19-6-3-4-8-23(19)29-2/h3-10,13-14H,11-12,15-16H2,1-2H3. The Labute approximate surface area is 186 Å². The molecule has 1 amide bonds. The molecule has 8 heteroatoms. The van der Waals surface area contributed by atoms with Gasteiger partial charge in [-0.15, -0.1) is 11.3 Å². The number of carbonyl (C=O) groups is 1. The van der Waals surface area contributed by atoms with E-state index in [1.54, 1.807) is 30.2 Å². The SMILES string of the molecule is COc1ccccc1CN(Cc1cccs1)S(=O)(=O)c1ccc2c(c1)CCN2C(C)=O. The maximum atomic E-state index is 13.7. The van der Waals surface area contributed by atoms with E-state index in [4.69, 9.17) is 4.74 Å². The van der Waals surface area contributed by atoms with E-state index >= 15 is 0 Å². The second-order valence-electron chi connectivity index (χ2n) is 7.38. The summed E-state index contributed by atoms with van der Waals surface area (Å²) in [5.74, 6) is 0.616. The summed E-state index contributed by atoms with van der Waals surface area (Å²) < 4.78 is 34.3. The van der Waals surface area contributed by atoms with E-state index < -0.39 is 10.0 Å². The van der Waals surface area contributed by atoms with Crippen molar-refractivity contribution < 1.29 is 17.9 Å². The molecule has 2 heterocycles. The molecule has 0 saturated heterocycles. The summed E-state index contributed by atoms with van der Waals surface area (Å²) in [6, 6.07) is 16.3. The molecule has 1 aromatic heterocycles. The molecular weight excluding hydrogens is 432 g/mol. The lowest BCUT2D eigenvalue weighted by Crippen LogP contribution is -2.30. The summed E-state index contributed by atoms with van der Waals surface area (Å²) in [5, 5.41) is 1.94. The Morgan fingerprint density at radius 1 is 1.13 bits per heavy atom. The van der Waals surface area contributed by atoms with E-state index in [0.717, 1.165) is 21.7 Å². The van der Waals surface area contributed by atoms with E-state index in [1.807, 2.05) is 41.8 Å². The van der Waals surface area contributed by atoms with Crippen LogP contribution in [0.25, 0.3) is 0 Å². The van der Waals surface area contributed by atoms with E-state index in [0.29, 0.717) is 18.7 Å². The van der Waals surface area contributed by atoms with Gasteiger partial charge in [0.05, 0.1) is 12.0 Å². The van der Waals surface area contributed by atoms with Crippen molar-refractivity contribution >= 4 is 33.0 Å². The Kier molecular flexibility index (Phi) is 6.13. The first kappa shape index (κ1) is 21.5. The van der Waals surface area contributed by atoms with Crippen LogP contribution in [0.5, 0.6) is 5.75 Å². The maximum absolute atomic E-state index is 13.7. The predicted octanol–water partition coefficient (Wildman–Crippen LogP) is 4.06. The van der Waals surface area contributed by atoms with E-state index in [-0.39, 0.29) is 23.9 Å². The Bertz CT molecular complexity index is 1190. The van der Waals surface area contributed by atoms with Gasteiger partial charge in [-0.25, -0.2) is 8.42 Å². The highest BCUT2D eigenvalue weighted by Gasteiger charge is 2.29. The van der Waals surface area contributed by atoms with Gasteiger partial charge in [0.15, 0.2) is 0 Å². The monoisotopic (exact) mass is 456 g/mol. The van der Waals surface area contributed by atoms with Gasteiger partial charge in [-0.3, -0.25) is 4.79 Å². The molecule has 1 aliphatic heterocycles. The van der Waals surface area contributed by atoms with Crippen LogP contribution in [0.1, 0.15) is 22.9 Å². The molecule has 0 bridgehead atoms. The molecule has 0 atom stereocenters. The predicted molar refractivity (Wildman–Crippen MR) is 122 cm³/mol. The molecule has 4 rings (SSSR count). The van der Waals surface area contributed by atoms with Gasteiger partial charge in [0.2, 0.25) is 15.9 Å². The number of hydrogen-bond donors (Lipinski definition) is 0. The minimum Gasteiger partial charge on any atom is -0.496 e. The lowest BCUT2D eigenvalue weighted by Gasteiger charge is -2.23. The number of para-hydroxylation sites is 1. The van der Waals surface area contributed by atoms with Gasteiger partial charge in [0.25, 0.3) is 0 Å². The number of rotatable bonds is 7. The first-order valence-electron chi connectivity index (χ1n) is 9.95. The number of sulfonamides is 1. The number of hydrogen-bond acceptors (Lipinski definition) is 5. The smallest absolute Gasteiger partial charge is 0.243 e. The molecule has 31 heavy (non-hydrogen) atoms. The van der Waals surface area contributed by atoms with Crippen LogP contribution >= 0.6 is 11.3 Å². The van der Waals surface area contributed by atoms with Gasteiger partial charge in [0.1, 0.15) is 5.75 Å². The van der Waals surface area contributed by atoms with Crippen LogP contribution in [0.15, 0.2) is 64.9 Å². The average molecular weight is 457 g/mol. The van der Waals surface area contributed by atoms with Crippen molar-refractivity contribution in [2.75, 3.05) is 18.6 Å². The number of methoxy groups -OCH3 is 1. The van der Waals surface area contributed by atoms with Crippen molar-refractivity contribution in [1.29, 1.82) is 0 Å². The molecule has 0 saturated carbocycles. The van der Waals surface area contributed by atoms with E-state index in [2.05, 4.69) is 0 Å². The van der Waals surface area contributed by atoms with E-state index in [9.17, 15) is 13.2 Å². The van der Waals surface area contributed by atoms with Crippen LogP contribution in [0.4, 0.5) is 5.69 Å². The minimum absolute atomic E-state index is 0.0372. The van der Waals surface area contributed by atoms with Crippen LogP contribution in [-0.4, -0.2) is 32.3 Å². The fourth-order valence-electron chi connectivity index (χ4n) is 3.84. The Morgan fingerprint density at radius 3 is 2.65 bits per heavy atom. The van der Waals surface area contributed by atoms with E-state index in [1.165, 1.54) is 22.6 Å². The molecule has 0 radical (unpaired) electrons. The van der Waals surface area contributed by atoms with Crippen LogP contribution in [0.3, 0.4) is 0 Å². The first-order chi connectivity index (χ1) is 14.9. The third-order valence-corrected chi connectivity index (χ3v) is 8.06. The summed E-state index contributed by atoms with van der Waals surface area (Å²) in [4.78, 5) is 14.7. The minimum atomic E-state index is -3.78. The molecule has 0 N–H and O–H groups in total. The highest BCUT2D eigenvalue weighted by atomic mass is 32.2. The van der Waals surface area contributed by atoms with Gasteiger partial charge in [-0.05, 0) is 47.7 Å². The quantitative estimate of drug-likeness (QED) is 0.538.